The fourth-order valence-electron chi connectivity index (χ4n) is 4.34. The molecule has 0 aliphatic carbocycles. The first-order valence-electron chi connectivity index (χ1n) is 10.8. The van der Waals surface area contributed by atoms with E-state index in [9.17, 15) is 4.79 Å². The molecule has 0 spiro atoms. The molecule has 2 aliphatic rings. The van der Waals surface area contributed by atoms with Gasteiger partial charge in [-0.1, -0.05) is 0 Å². The highest BCUT2D eigenvalue weighted by molar-refractivity contribution is 5.75. The Morgan fingerprint density at radius 2 is 2.14 bits per heavy atom. The Morgan fingerprint density at radius 1 is 1.31 bits per heavy atom. The average molecular weight is 401 g/mol. The lowest BCUT2D eigenvalue weighted by Crippen LogP contribution is -2.39. The predicted molar refractivity (Wildman–Crippen MR) is 109 cm³/mol. The molecule has 0 aromatic carbocycles. The van der Waals surface area contributed by atoms with Crippen LogP contribution in [0.4, 0.5) is 0 Å². The van der Waals surface area contributed by atoms with E-state index in [1.165, 1.54) is 17.0 Å². The van der Waals surface area contributed by atoms with Gasteiger partial charge in [0.25, 0.3) is 0 Å². The molecule has 0 radical (unpaired) electrons. The highest BCUT2D eigenvalue weighted by Crippen LogP contribution is 2.24. The van der Waals surface area contributed by atoms with E-state index in [4.69, 9.17) is 9.84 Å². The molecular formula is C21H32N6O2. The molecule has 4 heterocycles. The molecule has 1 fully saturated rings. The third-order valence-corrected chi connectivity index (χ3v) is 6.03. The van der Waals surface area contributed by atoms with Crippen molar-refractivity contribution in [2.75, 3.05) is 26.2 Å². The first-order valence-corrected chi connectivity index (χ1v) is 10.8. The predicted octanol–water partition coefficient (Wildman–Crippen LogP) is 1.51. The van der Waals surface area contributed by atoms with Crippen molar-refractivity contribution in [2.45, 2.75) is 59.4 Å². The van der Waals surface area contributed by atoms with Gasteiger partial charge < -0.3 is 10.1 Å². The van der Waals surface area contributed by atoms with Crippen LogP contribution in [0.25, 0.3) is 0 Å². The average Bonchev–Trinajstić information content (AvgIpc) is 3.30. The minimum Gasteiger partial charge on any atom is -0.376 e. The zero-order chi connectivity index (χ0) is 20.2. The maximum Gasteiger partial charge on any atom is 0.241 e. The number of ether oxygens (including phenoxy) is 1. The summed E-state index contributed by atoms with van der Waals surface area (Å²) >= 11 is 0. The van der Waals surface area contributed by atoms with E-state index in [-0.39, 0.29) is 5.91 Å². The largest absolute Gasteiger partial charge is 0.376 e. The van der Waals surface area contributed by atoms with Gasteiger partial charge in [-0.3, -0.25) is 19.1 Å². The highest BCUT2D eigenvalue weighted by Gasteiger charge is 2.25. The molecule has 2 aliphatic heterocycles. The van der Waals surface area contributed by atoms with Crippen molar-refractivity contribution in [1.29, 1.82) is 0 Å². The summed E-state index contributed by atoms with van der Waals surface area (Å²) in [6.07, 6.45) is 5.02. The van der Waals surface area contributed by atoms with Crippen LogP contribution in [0.1, 0.15) is 42.4 Å². The van der Waals surface area contributed by atoms with Crippen LogP contribution in [-0.2, 0) is 42.2 Å². The van der Waals surface area contributed by atoms with Crippen LogP contribution in [0.2, 0.25) is 0 Å². The first kappa shape index (κ1) is 20.1. The second-order valence-corrected chi connectivity index (χ2v) is 8.17. The van der Waals surface area contributed by atoms with Gasteiger partial charge in [-0.05, 0) is 51.8 Å². The number of amides is 1. The van der Waals surface area contributed by atoms with Gasteiger partial charge in [-0.2, -0.15) is 10.2 Å². The quantitative estimate of drug-likeness (QED) is 0.762. The maximum atomic E-state index is 12.1. The number of nitrogens with zero attached hydrogens (tertiary/aromatic N) is 5. The second-order valence-electron chi connectivity index (χ2n) is 8.17. The van der Waals surface area contributed by atoms with Crippen molar-refractivity contribution in [3.63, 3.8) is 0 Å². The van der Waals surface area contributed by atoms with E-state index in [0.29, 0.717) is 19.1 Å². The third kappa shape index (κ3) is 4.87. The molecule has 0 atom stereocenters. The Bertz CT molecular complexity index is 834. The van der Waals surface area contributed by atoms with Crippen LogP contribution in [0, 0.1) is 12.8 Å². The summed E-state index contributed by atoms with van der Waals surface area (Å²) in [5, 5.41) is 12.2. The number of hydrogen-bond acceptors (Lipinski definition) is 5. The monoisotopic (exact) mass is 400 g/mol. The lowest BCUT2D eigenvalue weighted by atomic mass is 9.96. The van der Waals surface area contributed by atoms with Crippen molar-refractivity contribution in [2.24, 2.45) is 5.92 Å². The molecule has 4 rings (SSSR count). The van der Waals surface area contributed by atoms with Crippen molar-refractivity contribution >= 4 is 5.91 Å². The molecule has 1 saturated heterocycles. The van der Waals surface area contributed by atoms with Gasteiger partial charge in [0.2, 0.25) is 5.91 Å². The lowest BCUT2D eigenvalue weighted by molar-refractivity contribution is -0.122. The molecule has 8 heteroatoms. The Hall–Kier alpha value is -2.19. The van der Waals surface area contributed by atoms with E-state index in [1.807, 2.05) is 19.2 Å². The number of fused-ring (bicyclic) bond motifs is 1. The van der Waals surface area contributed by atoms with Crippen molar-refractivity contribution in [1.82, 2.24) is 29.8 Å². The number of likely N-dealkylation sites (tertiary alicyclic amines) is 1. The fraction of sp³-hybridized carbons (Fsp3) is 0.667. The Kier molecular flexibility index (Phi) is 6.30. The van der Waals surface area contributed by atoms with E-state index in [1.54, 1.807) is 4.68 Å². The third-order valence-electron chi connectivity index (χ3n) is 6.03. The minimum atomic E-state index is 0.0345. The van der Waals surface area contributed by atoms with Crippen molar-refractivity contribution in [3.8, 4) is 0 Å². The van der Waals surface area contributed by atoms with E-state index in [0.717, 1.165) is 64.3 Å². The topological polar surface area (TPSA) is 77.2 Å². The van der Waals surface area contributed by atoms with Gasteiger partial charge in [-0.15, -0.1) is 0 Å². The SMILES string of the molecule is CCn1nc(CN2CCC(CNC(=O)Cn3ccc(C)n3)CC2)c2c1CCOC2. The summed E-state index contributed by atoms with van der Waals surface area (Å²) in [5.41, 5.74) is 4.78. The number of rotatable bonds is 7. The molecular weight excluding hydrogens is 368 g/mol. The molecule has 158 valence electrons. The number of nitrogens with one attached hydrogen (secondary N) is 1. The molecule has 1 amide bonds. The van der Waals surface area contributed by atoms with Crippen LogP contribution in [0.3, 0.4) is 0 Å². The van der Waals surface area contributed by atoms with Crippen LogP contribution < -0.4 is 5.32 Å². The van der Waals surface area contributed by atoms with E-state index >= 15 is 0 Å². The van der Waals surface area contributed by atoms with Gasteiger partial charge in [0, 0.05) is 43.5 Å². The molecule has 8 nitrogen and oxygen atoms in total. The summed E-state index contributed by atoms with van der Waals surface area (Å²) in [7, 11) is 0. The standard InChI is InChI=1S/C21H32N6O2/c1-3-27-20-7-11-29-15-18(20)19(24-27)13-25-8-5-17(6-9-25)12-22-21(28)14-26-10-4-16(2)23-26/h4,10,17H,3,5-9,11-15H2,1-2H3,(H,22,28). The molecule has 2 aromatic heterocycles. The zero-order valence-corrected chi connectivity index (χ0v) is 17.6. The maximum absolute atomic E-state index is 12.1. The first-order chi connectivity index (χ1) is 14.1. The number of piperidine rings is 1. The minimum absolute atomic E-state index is 0.0345. The normalized spacial score (nSPS) is 18.0. The molecule has 29 heavy (non-hydrogen) atoms. The molecule has 0 saturated carbocycles. The number of hydrogen-bond donors (Lipinski definition) is 1. The van der Waals surface area contributed by atoms with Crippen LogP contribution in [0.5, 0.6) is 0 Å². The number of aromatic nitrogens is 4. The van der Waals surface area contributed by atoms with E-state index in [2.05, 4.69) is 26.9 Å². The Labute approximate surface area is 172 Å². The van der Waals surface area contributed by atoms with Crippen LogP contribution >= 0.6 is 0 Å². The molecule has 0 bridgehead atoms. The summed E-state index contributed by atoms with van der Waals surface area (Å²) in [4.78, 5) is 14.6. The number of carbonyl (C=O) groups is 1. The summed E-state index contributed by atoms with van der Waals surface area (Å²) in [5.74, 6) is 0.576. The van der Waals surface area contributed by atoms with Gasteiger partial charge in [-0.25, -0.2) is 0 Å². The molecule has 0 unspecified atom stereocenters. The van der Waals surface area contributed by atoms with Gasteiger partial charge in [0.1, 0.15) is 6.54 Å². The summed E-state index contributed by atoms with van der Waals surface area (Å²) < 4.78 is 9.52. The van der Waals surface area contributed by atoms with Crippen LogP contribution in [-0.4, -0.2) is 56.6 Å². The van der Waals surface area contributed by atoms with Gasteiger partial charge in [0.05, 0.1) is 24.6 Å². The van der Waals surface area contributed by atoms with Crippen molar-refractivity contribution < 1.29 is 9.53 Å². The van der Waals surface area contributed by atoms with Crippen LogP contribution in [0.15, 0.2) is 12.3 Å². The smallest absolute Gasteiger partial charge is 0.241 e. The second kappa shape index (κ2) is 9.09. The van der Waals surface area contributed by atoms with Crippen molar-refractivity contribution in [3.05, 3.63) is 34.9 Å². The Morgan fingerprint density at radius 3 is 2.86 bits per heavy atom. The lowest BCUT2D eigenvalue weighted by Gasteiger charge is -2.31. The molecule has 2 aromatic rings. The van der Waals surface area contributed by atoms with Gasteiger partial charge >= 0.3 is 0 Å². The van der Waals surface area contributed by atoms with E-state index < -0.39 is 0 Å². The summed E-state index contributed by atoms with van der Waals surface area (Å²) in [6.45, 7) is 10.5. The highest BCUT2D eigenvalue weighted by atomic mass is 16.5. The zero-order valence-electron chi connectivity index (χ0n) is 17.6. The molecule has 1 N–H and O–H groups in total. The fourth-order valence-corrected chi connectivity index (χ4v) is 4.34. The summed E-state index contributed by atoms with van der Waals surface area (Å²) in [6, 6.07) is 1.91. The van der Waals surface area contributed by atoms with Gasteiger partial charge in [0.15, 0.2) is 0 Å². The number of aryl methyl sites for hydroxylation is 2. The Balaban J connectivity index is 1.23. The number of carbonyl (C=O) groups excluding carboxylic acids is 1.